The van der Waals surface area contributed by atoms with Crippen molar-refractivity contribution in [1.29, 1.82) is 0 Å². The number of aryl methyl sites for hydroxylation is 1. The molecule has 0 saturated carbocycles. The number of carbonyl (C=O) groups is 2. The van der Waals surface area contributed by atoms with Crippen LogP contribution in [-0.2, 0) is 14.4 Å². The van der Waals surface area contributed by atoms with Gasteiger partial charge in [-0.15, -0.1) is 0 Å². The Balaban J connectivity index is 1.64. The number of carbonyl (C=O) groups excluding carboxylic acids is 2. The molecule has 2 amide bonds. The molecule has 2 saturated heterocycles. The molecule has 3 atom stereocenters. The Hall–Kier alpha value is -2.67. The van der Waals surface area contributed by atoms with Crippen LogP contribution in [0, 0.1) is 12.3 Å². The van der Waals surface area contributed by atoms with Crippen LogP contribution in [0.15, 0.2) is 77.3 Å². The summed E-state index contributed by atoms with van der Waals surface area (Å²) in [6.45, 7) is 3.68. The molecule has 7 heteroatoms. The van der Waals surface area contributed by atoms with Crippen molar-refractivity contribution in [2.24, 2.45) is 5.41 Å². The normalized spacial score (nSPS) is 24.9. The van der Waals surface area contributed by atoms with Gasteiger partial charge in [0.15, 0.2) is 6.10 Å². The molecule has 0 spiro atoms. The zero-order valence-corrected chi connectivity index (χ0v) is 19.8. The maximum Gasteiger partial charge on any atom is 0.266 e. The van der Waals surface area contributed by atoms with E-state index in [-0.39, 0.29) is 5.91 Å². The molecule has 5 nitrogen and oxygen atoms in total. The SMILES string of the molecule is Cc1ccc(N2C(=O)[C@@H]3ON(c4ccccc4)[C@H](c4ccc(Br)cc4)[C@@]3(C)C2=O)cc1Cl. The number of para-hydroxylation sites is 1. The monoisotopic (exact) mass is 510 g/mol. The number of imide groups is 1. The molecule has 0 aromatic heterocycles. The summed E-state index contributed by atoms with van der Waals surface area (Å²) < 4.78 is 0.929. The Kier molecular flexibility index (Phi) is 5.12. The number of hydrogen-bond donors (Lipinski definition) is 0. The predicted molar refractivity (Wildman–Crippen MR) is 127 cm³/mol. The predicted octanol–water partition coefficient (Wildman–Crippen LogP) is 5.85. The molecule has 0 aliphatic carbocycles. The molecule has 162 valence electrons. The van der Waals surface area contributed by atoms with Crippen LogP contribution in [0.25, 0.3) is 0 Å². The van der Waals surface area contributed by atoms with Crippen LogP contribution in [0.2, 0.25) is 5.02 Å². The van der Waals surface area contributed by atoms with Crippen LogP contribution in [0.5, 0.6) is 0 Å². The molecule has 2 fully saturated rings. The second-order valence-corrected chi connectivity index (χ2v) is 9.62. The molecule has 0 radical (unpaired) electrons. The second-order valence-electron chi connectivity index (χ2n) is 8.30. The summed E-state index contributed by atoms with van der Waals surface area (Å²) in [4.78, 5) is 34.8. The first kappa shape index (κ1) is 21.2. The molecule has 2 aliphatic rings. The van der Waals surface area contributed by atoms with Gasteiger partial charge in [-0.25, -0.2) is 9.96 Å². The number of amides is 2. The average molecular weight is 512 g/mol. The largest absolute Gasteiger partial charge is 0.273 e. The lowest BCUT2D eigenvalue weighted by Crippen LogP contribution is -2.41. The molecule has 2 aliphatic heterocycles. The van der Waals surface area contributed by atoms with E-state index in [0.717, 1.165) is 21.3 Å². The lowest BCUT2D eigenvalue weighted by atomic mass is 9.76. The Morgan fingerprint density at radius 2 is 1.66 bits per heavy atom. The van der Waals surface area contributed by atoms with E-state index >= 15 is 0 Å². The first-order valence-electron chi connectivity index (χ1n) is 10.2. The van der Waals surface area contributed by atoms with Crippen molar-refractivity contribution in [1.82, 2.24) is 0 Å². The molecular formula is C25H20BrClN2O3. The lowest BCUT2D eigenvalue weighted by molar-refractivity contribution is -0.128. The minimum atomic E-state index is -1.13. The minimum absolute atomic E-state index is 0.307. The highest BCUT2D eigenvalue weighted by molar-refractivity contribution is 9.10. The van der Waals surface area contributed by atoms with E-state index in [4.69, 9.17) is 16.4 Å². The number of fused-ring (bicyclic) bond motifs is 1. The third-order valence-corrected chi connectivity index (χ3v) is 7.22. The van der Waals surface area contributed by atoms with Crippen LogP contribution >= 0.6 is 27.5 Å². The topological polar surface area (TPSA) is 49.9 Å². The van der Waals surface area contributed by atoms with Crippen LogP contribution in [0.3, 0.4) is 0 Å². The van der Waals surface area contributed by atoms with Crippen LogP contribution in [0.4, 0.5) is 11.4 Å². The van der Waals surface area contributed by atoms with Gasteiger partial charge >= 0.3 is 0 Å². The van der Waals surface area contributed by atoms with Crippen molar-refractivity contribution < 1.29 is 14.4 Å². The van der Waals surface area contributed by atoms with Crippen molar-refractivity contribution in [2.75, 3.05) is 9.96 Å². The Morgan fingerprint density at radius 3 is 2.31 bits per heavy atom. The fourth-order valence-electron chi connectivity index (χ4n) is 4.54. The van der Waals surface area contributed by atoms with Gasteiger partial charge < -0.3 is 0 Å². The summed E-state index contributed by atoms with van der Waals surface area (Å²) in [5.41, 5.74) is 1.86. The number of anilines is 2. The van der Waals surface area contributed by atoms with Crippen LogP contribution in [-0.4, -0.2) is 17.9 Å². The summed E-state index contributed by atoms with van der Waals surface area (Å²) >= 11 is 9.76. The highest BCUT2D eigenvalue weighted by Gasteiger charge is 2.68. The zero-order valence-electron chi connectivity index (χ0n) is 17.5. The van der Waals surface area contributed by atoms with Crippen molar-refractivity contribution in [3.8, 4) is 0 Å². The second kappa shape index (κ2) is 7.73. The summed E-state index contributed by atoms with van der Waals surface area (Å²) in [7, 11) is 0. The Morgan fingerprint density at radius 1 is 0.969 bits per heavy atom. The highest BCUT2D eigenvalue weighted by atomic mass is 79.9. The summed E-state index contributed by atoms with van der Waals surface area (Å²) in [6.07, 6.45) is -0.955. The first-order valence-corrected chi connectivity index (χ1v) is 11.4. The first-order chi connectivity index (χ1) is 15.3. The average Bonchev–Trinajstić information content (AvgIpc) is 3.20. The Labute approximate surface area is 199 Å². The quantitative estimate of drug-likeness (QED) is 0.414. The zero-order chi connectivity index (χ0) is 22.6. The van der Waals surface area contributed by atoms with Crippen LogP contribution < -0.4 is 9.96 Å². The maximum atomic E-state index is 13.9. The van der Waals surface area contributed by atoms with E-state index < -0.39 is 23.5 Å². The van der Waals surface area contributed by atoms with E-state index in [1.807, 2.05) is 68.4 Å². The standard InChI is InChI=1S/C25H20BrClN2O3/c1-15-8-13-19(14-20(15)27)28-23(30)22-25(2,24(28)31)21(16-9-11-17(26)12-10-16)29(32-22)18-6-4-3-5-7-18/h3-14,21-22H,1-2H3/t21-,22+,25-/m1/s1. The van der Waals surface area contributed by atoms with Gasteiger partial charge in [0.1, 0.15) is 5.41 Å². The minimum Gasteiger partial charge on any atom is -0.273 e. The van der Waals surface area contributed by atoms with Gasteiger partial charge in [-0.3, -0.25) is 14.4 Å². The number of hydroxylamine groups is 1. The lowest BCUT2D eigenvalue weighted by Gasteiger charge is -2.32. The number of hydrogen-bond acceptors (Lipinski definition) is 4. The third-order valence-electron chi connectivity index (χ3n) is 6.28. The Bertz CT molecular complexity index is 1220. The van der Waals surface area contributed by atoms with Gasteiger partial charge in [-0.1, -0.05) is 63.9 Å². The molecule has 32 heavy (non-hydrogen) atoms. The van der Waals surface area contributed by atoms with Gasteiger partial charge in [0, 0.05) is 9.50 Å². The molecule has 0 bridgehead atoms. The van der Waals surface area contributed by atoms with E-state index in [1.54, 1.807) is 23.3 Å². The molecular weight excluding hydrogens is 492 g/mol. The van der Waals surface area contributed by atoms with Crippen molar-refractivity contribution >= 4 is 50.7 Å². The van der Waals surface area contributed by atoms with E-state index in [1.165, 1.54) is 4.90 Å². The molecule has 5 rings (SSSR count). The van der Waals surface area contributed by atoms with E-state index in [0.29, 0.717) is 10.7 Å². The number of rotatable bonds is 3. The van der Waals surface area contributed by atoms with Crippen LogP contribution in [0.1, 0.15) is 24.1 Å². The fourth-order valence-corrected chi connectivity index (χ4v) is 4.98. The van der Waals surface area contributed by atoms with E-state index in [9.17, 15) is 9.59 Å². The summed E-state index contributed by atoms with van der Waals surface area (Å²) in [5.74, 6) is -0.697. The van der Waals surface area contributed by atoms with Crippen molar-refractivity contribution in [3.05, 3.63) is 93.4 Å². The molecule has 0 unspecified atom stereocenters. The fraction of sp³-hybridized carbons (Fsp3) is 0.200. The van der Waals surface area contributed by atoms with Gasteiger partial charge in [0.2, 0.25) is 5.91 Å². The van der Waals surface area contributed by atoms with Gasteiger partial charge in [0.25, 0.3) is 5.91 Å². The van der Waals surface area contributed by atoms with Crippen molar-refractivity contribution in [2.45, 2.75) is 26.0 Å². The summed E-state index contributed by atoms with van der Waals surface area (Å²) in [6, 6.07) is 22.0. The number of halogens is 2. The van der Waals surface area contributed by atoms with Gasteiger partial charge in [-0.2, -0.15) is 0 Å². The number of nitrogens with zero attached hydrogens (tertiary/aromatic N) is 2. The maximum absolute atomic E-state index is 13.9. The summed E-state index contributed by atoms with van der Waals surface area (Å²) in [5, 5.41) is 2.20. The third kappa shape index (κ3) is 3.09. The van der Waals surface area contributed by atoms with Gasteiger partial charge in [-0.05, 0) is 61.4 Å². The highest BCUT2D eigenvalue weighted by Crippen LogP contribution is 2.55. The molecule has 3 aromatic rings. The molecule has 3 aromatic carbocycles. The smallest absolute Gasteiger partial charge is 0.266 e. The number of benzene rings is 3. The molecule has 2 heterocycles. The van der Waals surface area contributed by atoms with Gasteiger partial charge in [0.05, 0.1) is 17.4 Å². The van der Waals surface area contributed by atoms with E-state index in [2.05, 4.69) is 15.9 Å². The van der Waals surface area contributed by atoms with Crippen molar-refractivity contribution in [3.63, 3.8) is 0 Å². The molecule has 0 N–H and O–H groups in total.